The second-order valence-corrected chi connectivity index (χ2v) is 6.32. The highest BCUT2D eigenvalue weighted by molar-refractivity contribution is 5.25. The molecule has 0 saturated heterocycles. The average molecular weight is 324 g/mol. The Morgan fingerprint density at radius 2 is 2.21 bits per heavy atom. The number of H-pyrrole nitrogens is 1. The van der Waals surface area contributed by atoms with E-state index in [2.05, 4.69) is 46.3 Å². The molecule has 0 radical (unpaired) electrons. The zero-order chi connectivity index (χ0) is 16.5. The number of nitrogens with zero attached hydrogens (tertiary/aromatic N) is 3. The zero-order valence-electron chi connectivity index (χ0n) is 13.6. The zero-order valence-corrected chi connectivity index (χ0v) is 13.6. The fraction of sp³-hybridized carbons (Fsp3) is 0.333. The van der Waals surface area contributed by atoms with E-state index in [4.69, 9.17) is 4.42 Å². The standard InChI is InChI=1S/C18H20N4O2/c1-21(12-13-5-3-2-4-6-13)14-7-8-16-15(11-14)17(23)22(20-16)18-19-9-10-24-18/h2-6,9-10,14,20H,7-8,11-12H2,1H3. The number of oxazole rings is 1. The Morgan fingerprint density at radius 1 is 1.38 bits per heavy atom. The number of nitrogens with one attached hydrogen (secondary N) is 1. The van der Waals surface area contributed by atoms with Crippen LogP contribution in [0.5, 0.6) is 0 Å². The Bertz CT molecular complexity index is 864. The van der Waals surface area contributed by atoms with Crippen LogP contribution in [0.15, 0.2) is 52.0 Å². The first-order valence-electron chi connectivity index (χ1n) is 8.19. The number of aromatic amines is 1. The van der Waals surface area contributed by atoms with Gasteiger partial charge in [0.1, 0.15) is 6.26 Å². The van der Waals surface area contributed by atoms with Crippen LogP contribution in [0.4, 0.5) is 0 Å². The van der Waals surface area contributed by atoms with Crippen molar-refractivity contribution in [2.45, 2.75) is 31.8 Å². The number of likely N-dealkylation sites (N-methyl/N-ethyl adjacent to an activating group) is 1. The molecule has 2 aromatic heterocycles. The van der Waals surface area contributed by atoms with Gasteiger partial charge in [0.2, 0.25) is 0 Å². The van der Waals surface area contributed by atoms with E-state index in [9.17, 15) is 4.79 Å². The number of hydrogen-bond acceptors (Lipinski definition) is 4. The molecule has 2 heterocycles. The van der Waals surface area contributed by atoms with Crippen LogP contribution < -0.4 is 5.56 Å². The molecule has 0 bridgehead atoms. The van der Waals surface area contributed by atoms with Crippen molar-refractivity contribution in [1.29, 1.82) is 0 Å². The maximum atomic E-state index is 12.7. The van der Waals surface area contributed by atoms with Gasteiger partial charge in [-0.15, -0.1) is 0 Å². The maximum Gasteiger partial charge on any atom is 0.324 e. The summed E-state index contributed by atoms with van der Waals surface area (Å²) in [6.45, 7) is 0.888. The van der Waals surface area contributed by atoms with Crippen LogP contribution in [-0.2, 0) is 19.4 Å². The molecule has 1 unspecified atom stereocenters. The lowest BCUT2D eigenvalue weighted by molar-refractivity contribution is 0.213. The van der Waals surface area contributed by atoms with Crippen molar-refractivity contribution in [3.05, 3.63) is 70.0 Å². The third-order valence-corrected chi connectivity index (χ3v) is 4.75. The molecule has 0 fully saturated rings. The maximum absolute atomic E-state index is 12.7. The Labute approximate surface area is 139 Å². The summed E-state index contributed by atoms with van der Waals surface area (Å²) >= 11 is 0. The molecule has 1 aliphatic rings. The highest BCUT2D eigenvalue weighted by Crippen LogP contribution is 2.22. The Hall–Kier alpha value is -2.60. The van der Waals surface area contributed by atoms with Gasteiger partial charge in [-0.1, -0.05) is 30.3 Å². The average Bonchev–Trinajstić information content (AvgIpc) is 3.24. The minimum Gasteiger partial charge on any atom is -0.431 e. The summed E-state index contributed by atoms with van der Waals surface area (Å²) in [5, 5.41) is 3.14. The quantitative estimate of drug-likeness (QED) is 0.798. The van der Waals surface area contributed by atoms with Crippen molar-refractivity contribution >= 4 is 0 Å². The van der Waals surface area contributed by atoms with E-state index in [0.29, 0.717) is 12.1 Å². The molecular formula is C18H20N4O2. The SMILES string of the molecule is CN(Cc1ccccc1)C1CCc2[nH]n(-c3ncco3)c(=O)c2C1. The number of rotatable bonds is 4. The number of aryl methyl sites for hydroxylation is 1. The summed E-state index contributed by atoms with van der Waals surface area (Å²) in [5.74, 6) is 0. The fourth-order valence-corrected chi connectivity index (χ4v) is 3.42. The van der Waals surface area contributed by atoms with Crippen molar-refractivity contribution in [2.24, 2.45) is 0 Å². The highest BCUT2D eigenvalue weighted by atomic mass is 16.4. The highest BCUT2D eigenvalue weighted by Gasteiger charge is 2.27. The normalized spacial score (nSPS) is 17.2. The van der Waals surface area contributed by atoms with Crippen molar-refractivity contribution in [2.75, 3.05) is 7.05 Å². The van der Waals surface area contributed by atoms with E-state index in [-0.39, 0.29) is 5.56 Å². The Balaban J connectivity index is 1.54. The second kappa shape index (κ2) is 6.13. The molecule has 3 aromatic rings. The number of hydrogen-bond donors (Lipinski definition) is 1. The lowest BCUT2D eigenvalue weighted by Crippen LogP contribution is -2.37. The molecule has 1 aliphatic carbocycles. The lowest BCUT2D eigenvalue weighted by Gasteiger charge is -2.30. The van der Waals surface area contributed by atoms with Gasteiger partial charge in [-0.3, -0.25) is 14.8 Å². The molecular weight excluding hydrogens is 304 g/mol. The number of fused-ring (bicyclic) bond motifs is 1. The molecule has 1 atom stereocenters. The van der Waals surface area contributed by atoms with Gasteiger partial charge >= 0.3 is 6.01 Å². The van der Waals surface area contributed by atoms with E-state index in [0.717, 1.165) is 37.1 Å². The van der Waals surface area contributed by atoms with Crippen LogP contribution in [-0.4, -0.2) is 32.8 Å². The van der Waals surface area contributed by atoms with Gasteiger partial charge in [0.05, 0.1) is 6.20 Å². The van der Waals surface area contributed by atoms with Gasteiger partial charge in [-0.25, -0.2) is 4.98 Å². The van der Waals surface area contributed by atoms with E-state index in [1.165, 1.54) is 22.7 Å². The third kappa shape index (κ3) is 2.69. The van der Waals surface area contributed by atoms with Crippen LogP contribution in [0.25, 0.3) is 6.01 Å². The summed E-state index contributed by atoms with van der Waals surface area (Å²) in [6, 6.07) is 11.1. The molecule has 6 nitrogen and oxygen atoms in total. The van der Waals surface area contributed by atoms with Gasteiger partial charge in [-0.2, -0.15) is 4.68 Å². The van der Waals surface area contributed by atoms with Gasteiger partial charge in [0.25, 0.3) is 5.56 Å². The predicted molar refractivity (Wildman–Crippen MR) is 90.2 cm³/mol. The molecule has 0 aliphatic heterocycles. The first kappa shape index (κ1) is 15.0. The first-order chi connectivity index (χ1) is 11.7. The minimum absolute atomic E-state index is 0.0507. The molecule has 1 aromatic carbocycles. The third-order valence-electron chi connectivity index (χ3n) is 4.75. The minimum atomic E-state index is -0.0507. The van der Waals surface area contributed by atoms with Gasteiger partial charge < -0.3 is 4.42 Å². The summed E-state index contributed by atoms with van der Waals surface area (Å²) in [7, 11) is 2.13. The smallest absolute Gasteiger partial charge is 0.324 e. The van der Waals surface area contributed by atoms with Crippen molar-refractivity contribution in [1.82, 2.24) is 19.7 Å². The van der Waals surface area contributed by atoms with Gasteiger partial charge in [0.15, 0.2) is 0 Å². The Kier molecular flexibility index (Phi) is 3.82. The summed E-state index contributed by atoms with van der Waals surface area (Å²) in [6.07, 6.45) is 5.65. The predicted octanol–water partition coefficient (Wildman–Crippen LogP) is 2.14. The Morgan fingerprint density at radius 3 is 2.96 bits per heavy atom. The molecule has 4 rings (SSSR count). The first-order valence-corrected chi connectivity index (χ1v) is 8.19. The molecule has 1 N–H and O–H groups in total. The van der Waals surface area contributed by atoms with Crippen molar-refractivity contribution in [3.8, 4) is 6.01 Å². The largest absolute Gasteiger partial charge is 0.431 e. The monoisotopic (exact) mass is 324 g/mol. The van der Waals surface area contributed by atoms with Crippen LogP contribution in [0.1, 0.15) is 23.2 Å². The van der Waals surface area contributed by atoms with Crippen LogP contribution >= 0.6 is 0 Å². The van der Waals surface area contributed by atoms with Crippen molar-refractivity contribution in [3.63, 3.8) is 0 Å². The second-order valence-electron chi connectivity index (χ2n) is 6.32. The van der Waals surface area contributed by atoms with E-state index in [1.54, 1.807) is 0 Å². The van der Waals surface area contributed by atoms with Crippen LogP contribution in [0.3, 0.4) is 0 Å². The topological polar surface area (TPSA) is 67.1 Å². The number of benzene rings is 1. The fourth-order valence-electron chi connectivity index (χ4n) is 3.42. The molecule has 124 valence electrons. The lowest BCUT2D eigenvalue weighted by atomic mass is 9.92. The number of aromatic nitrogens is 3. The molecule has 0 amide bonds. The van der Waals surface area contributed by atoms with E-state index >= 15 is 0 Å². The van der Waals surface area contributed by atoms with E-state index in [1.807, 2.05) is 6.07 Å². The molecule has 6 heteroatoms. The molecule has 0 saturated carbocycles. The summed E-state index contributed by atoms with van der Waals surface area (Å²) < 4.78 is 6.65. The molecule has 0 spiro atoms. The molecule has 24 heavy (non-hydrogen) atoms. The van der Waals surface area contributed by atoms with E-state index < -0.39 is 0 Å². The summed E-state index contributed by atoms with van der Waals surface area (Å²) in [5.41, 5.74) is 3.09. The van der Waals surface area contributed by atoms with Gasteiger partial charge in [0, 0.05) is 23.8 Å². The summed E-state index contributed by atoms with van der Waals surface area (Å²) in [4.78, 5) is 19.0. The van der Waals surface area contributed by atoms with Crippen molar-refractivity contribution < 1.29 is 4.42 Å². The van der Waals surface area contributed by atoms with Crippen LogP contribution in [0.2, 0.25) is 0 Å². The van der Waals surface area contributed by atoms with Gasteiger partial charge in [-0.05, 0) is 31.9 Å². The van der Waals surface area contributed by atoms with Crippen LogP contribution in [0, 0.1) is 0 Å².